The standard InChI is InChI=1S/C18H25N3/c1-3-16-11-17(21(4-2)20-16)12-18(19)15-9-8-13-6-5-7-14(13)10-15/h8-11,18H,3-7,12,19H2,1-2H3. The molecule has 112 valence electrons. The van der Waals surface area contributed by atoms with Gasteiger partial charge in [0.2, 0.25) is 0 Å². The number of rotatable bonds is 5. The average molecular weight is 283 g/mol. The zero-order chi connectivity index (χ0) is 14.8. The van der Waals surface area contributed by atoms with Gasteiger partial charge >= 0.3 is 0 Å². The SMILES string of the molecule is CCc1cc(CC(N)c2ccc3c(c2)CCC3)n(CC)n1. The van der Waals surface area contributed by atoms with Gasteiger partial charge in [0.15, 0.2) is 0 Å². The summed E-state index contributed by atoms with van der Waals surface area (Å²) in [6.07, 6.45) is 5.57. The van der Waals surface area contributed by atoms with Gasteiger partial charge in [-0.1, -0.05) is 25.1 Å². The summed E-state index contributed by atoms with van der Waals surface area (Å²) in [7, 11) is 0. The first-order chi connectivity index (χ1) is 10.2. The number of fused-ring (bicyclic) bond motifs is 1. The Balaban J connectivity index is 1.79. The Kier molecular flexibility index (Phi) is 4.11. The summed E-state index contributed by atoms with van der Waals surface area (Å²) in [6.45, 7) is 5.19. The predicted octanol–water partition coefficient (Wildman–Crippen LogP) is 3.20. The Labute approximate surface area is 127 Å². The maximum Gasteiger partial charge on any atom is 0.0624 e. The number of nitrogens with zero attached hydrogens (tertiary/aromatic N) is 2. The Morgan fingerprint density at radius 2 is 2.00 bits per heavy atom. The second kappa shape index (κ2) is 6.02. The fourth-order valence-electron chi connectivity index (χ4n) is 3.29. The highest BCUT2D eigenvalue weighted by molar-refractivity contribution is 5.36. The molecule has 0 spiro atoms. The Hall–Kier alpha value is -1.61. The Morgan fingerprint density at radius 3 is 2.76 bits per heavy atom. The minimum absolute atomic E-state index is 0.0580. The van der Waals surface area contributed by atoms with E-state index in [-0.39, 0.29) is 6.04 Å². The molecular weight excluding hydrogens is 258 g/mol. The first-order valence-electron chi connectivity index (χ1n) is 8.14. The van der Waals surface area contributed by atoms with E-state index >= 15 is 0 Å². The highest BCUT2D eigenvalue weighted by Crippen LogP contribution is 2.26. The second-order valence-corrected chi connectivity index (χ2v) is 5.99. The van der Waals surface area contributed by atoms with Crippen molar-refractivity contribution in [2.45, 2.75) is 58.5 Å². The predicted molar refractivity (Wildman–Crippen MR) is 86.4 cm³/mol. The fraction of sp³-hybridized carbons (Fsp3) is 0.500. The van der Waals surface area contributed by atoms with E-state index in [2.05, 4.69) is 47.9 Å². The summed E-state index contributed by atoms with van der Waals surface area (Å²) >= 11 is 0. The molecule has 0 bridgehead atoms. The Morgan fingerprint density at radius 1 is 1.19 bits per heavy atom. The molecular formula is C18H25N3. The molecule has 3 rings (SSSR count). The van der Waals surface area contributed by atoms with Crippen LogP contribution in [0.5, 0.6) is 0 Å². The van der Waals surface area contributed by atoms with Crippen LogP contribution in [0.3, 0.4) is 0 Å². The largest absolute Gasteiger partial charge is 0.324 e. The summed E-state index contributed by atoms with van der Waals surface area (Å²) in [4.78, 5) is 0. The highest BCUT2D eigenvalue weighted by Gasteiger charge is 2.16. The molecule has 1 atom stereocenters. The molecule has 1 aliphatic carbocycles. The van der Waals surface area contributed by atoms with E-state index in [0.717, 1.165) is 25.1 Å². The van der Waals surface area contributed by atoms with E-state index in [0.29, 0.717) is 0 Å². The smallest absolute Gasteiger partial charge is 0.0624 e. The van der Waals surface area contributed by atoms with Gasteiger partial charge in [0.05, 0.1) is 5.69 Å². The third kappa shape index (κ3) is 2.88. The maximum absolute atomic E-state index is 6.45. The van der Waals surface area contributed by atoms with Crippen LogP contribution in [0.2, 0.25) is 0 Å². The molecule has 2 aromatic rings. The number of hydrogen-bond donors (Lipinski definition) is 1. The lowest BCUT2D eigenvalue weighted by atomic mass is 9.98. The number of nitrogens with two attached hydrogens (primary N) is 1. The van der Waals surface area contributed by atoms with Gasteiger partial charge in [-0.2, -0.15) is 5.10 Å². The molecule has 0 saturated heterocycles. The molecule has 0 fully saturated rings. The first kappa shape index (κ1) is 14.3. The average Bonchev–Trinajstić information content (AvgIpc) is 3.12. The molecule has 1 heterocycles. The van der Waals surface area contributed by atoms with Gasteiger partial charge in [0.1, 0.15) is 0 Å². The molecule has 1 unspecified atom stereocenters. The van der Waals surface area contributed by atoms with Gasteiger partial charge in [0, 0.05) is 24.7 Å². The van der Waals surface area contributed by atoms with Crippen molar-refractivity contribution < 1.29 is 0 Å². The number of benzene rings is 1. The quantitative estimate of drug-likeness (QED) is 0.915. The fourth-order valence-corrected chi connectivity index (χ4v) is 3.29. The molecule has 0 amide bonds. The van der Waals surface area contributed by atoms with Gasteiger partial charge in [-0.25, -0.2) is 0 Å². The van der Waals surface area contributed by atoms with E-state index in [1.807, 2.05) is 0 Å². The van der Waals surface area contributed by atoms with Crippen LogP contribution in [-0.2, 0) is 32.2 Å². The molecule has 2 N–H and O–H groups in total. The lowest BCUT2D eigenvalue weighted by Gasteiger charge is -2.14. The van der Waals surface area contributed by atoms with Crippen molar-refractivity contribution in [1.82, 2.24) is 9.78 Å². The molecule has 21 heavy (non-hydrogen) atoms. The third-order valence-electron chi connectivity index (χ3n) is 4.56. The lowest BCUT2D eigenvalue weighted by molar-refractivity contribution is 0.585. The molecule has 1 aliphatic rings. The van der Waals surface area contributed by atoms with E-state index < -0.39 is 0 Å². The highest BCUT2D eigenvalue weighted by atomic mass is 15.3. The summed E-state index contributed by atoms with van der Waals surface area (Å²) in [6, 6.07) is 9.06. The summed E-state index contributed by atoms with van der Waals surface area (Å²) in [5, 5.41) is 4.61. The number of aryl methyl sites for hydroxylation is 4. The summed E-state index contributed by atoms with van der Waals surface area (Å²) in [5.74, 6) is 0. The zero-order valence-electron chi connectivity index (χ0n) is 13.1. The van der Waals surface area contributed by atoms with Gasteiger partial charge < -0.3 is 5.73 Å². The van der Waals surface area contributed by atoms with Crippen molar-refractivity contribution in [2.75, 3.05) is 0 Å². The third-order valence-corrected chi connectivity index (χ3v) is 4.56. The second-order valence-electron chi connectivity index (χ2n) is 5.99. The molecule has 1 aromatic heterocycles. The van der Waals surface area contributed by atoms with E-state index in [9.17, 15) is 0 Å². The van der Waals surface area contributed by atoms with Crippen molar-refractivity contribution in [1.29, 1.82) is 0 Å². The monoisotopic (exact) mass is 283 g/mol. The van der Waals surface area contributed by atoms with Crippen molar-refractivity contribution in [3.63, 3.8) is 0 Å². The topological polar surface area (TPSA) is 43.8 Å². The summed E-state index contributed by atoms with van der Waals surface area (Å²) < 4.78 is 2.09. The molecule has 0 aliphatic heterocycles. The van der Waals surface area contributed by atoms with E-state index in [1.165, 1.54) is 41.6 Å². The van der Waals surface area contributed by atoms with Crippen molar-refractivity contribution >= 4 is 0 Å². The van der Waals surface area contributed by atoms with Crippen molar-refractivity contribution in [3.05, 3.63) is 52.3 Å². The van der Waals surface area contributed by atoms with Gasteiger partial charge in [-0.3, -0.25) is 4.68 Å². The van der Waals surface area contributed by atoms with Crippen LogP contribution in [-0.4, -0.2) is 9.78 Å². The Bertz CT molecular complexity index is 627. The van der Waals surface area contributed by atoms with Gasteiger partial charge in [0.25, 0.3) is 0 Å². The lowest BCUT2D eigenvalue weighted by Crippen LogP contribution is -2.16. The zero-order valence-corrected chi connectivity index (χ0v) is 13.1. The molecule has 0 radical (unpaired) electrons. The minimum atomic E-state index is 0.0580. The van der Waals surface area contributed by atoms with Gasteiger partial charge in [-0.05, 0) is 55.4 Å². The normalized spacial score (nSPS) is 15.2. The van der Waals surface area contributed by atoms with E-state index in [4.69, 9.17) is 5.73 Å². The summed E-state index contributed by atoms with van der Waals surface area (Å²) in [5.41, 5.74) is 13.1. The van der Waals surface area contributed by atoms with Crippen LogP contribution in [0.25, 0.3) is 0 Å². The van der Waals surface area contributed by atoms with Crippen molar-refractivity contribution in [2.24, 2.45) is 5.73 Å². The molecule has 3 nitrogen and oxygen atoms in total. The maximum atomic E-state index is 6.45. The number of hydrogen-bond acceptors (Lipinski definition) is 2. The minimum Gasteiger partial charge on any atom is -0.324 e. The van der Waals surface area contributed by atoms with Crippen LogP contribution >= 0.6 is 0 Å². The molecule has 1 aromatic carbocycles. The van der Waals surface area contributed by atoms with Crippen LogP contribution in [0, 0.1) is 0 Å². The molecule has 0 saturated carbocycles. The van der Waals surface area contributed by atoms with Crippen molar-refractivity contribution in [3.8, 4) is 0 Å². The van der Waals surface area contributed by atoms with Gasteiger partial charge in [-0.15, -0.1) is 0 Å². The number of aromatic nitrogens is 2. The van der Waals surface area contributed by atoms with Crippen LogP contribution < -0.4 is 5.73 Å². The van der Waals surface area contributed by atoms with E-state index in [1.54, 1.807) is 0 Å². The first-order valence-corrected chi connectivity index (χ1v) is 8.14. The van der Waals surface area contributed by atoms with Crippen LogP contribution in [0.1, 0.15) is 54.4 Å². The van der Waals surface area contributed by atoms with Crippen LogP contribution in [0.15, 0.2) is 24.3 Å². The molecule has 3 heteroatoms. The van der Waals surface area contributed by atoms with Crippen LogP contribution in [0.4, 0.5) is 0 Å².